The molecule has 8 nitrogen and oxygen atoms in total. The van der Waals surface area contributed by atoms with Crippen LogP contribution in [0.15, 0.2) is 24.3 Å². The molecule has 3 amide bonds. The summed E-state index contributed by atoms with van der Waals surface area (Å²) in [7, 11) is -3.04. The Morgan fingerprint density at radius 2 is 1.96 bits per heavy atom. The third kappa shape index (κ3) is 4.21. The van der Waals surface area contributed by atoms with Gasteiger partial charge in [0.1, 0.15) is 0 Å². The van der Waals surface area contributed by atoms with Crippen LogP contribution in [0, 0.1) is 5.92 Å². The maximum atomic E-state index is 12.4. The standard InChI is InChI=1S/C17H21N3O5S/c21-15(10-12-7-9-26(24,25)11-12)18-19-17(23)13-4-1-2-5-14(13)20-8-3-6-16(20)22/h1-2,4-5,12H,3,6-11H2,(H,18,21)(H,19,23)/t12-/m1/s1. The average molecular weight is 379 g/mol. The van der Waals surface area contributed by atoms with Gasteiger partial charge in [0.25, 0.3) is 5.91 Å². The summed E-state index contributed by atoms with van der Waals surface area (Å²) in [6.07, 6.45) is 1.71. The molecule has 140 valence electrons. The van der Waals surface area contributed by atoms with E-state index in [1.165, 1.54) is 0 Å². The molecule has 0 unspecified atom stereocenters. The lowest BCUT2D eigenvalue weighted by molar-refractivity contribution is -0.122. The number of rotatable bonds is 4. The summed E-state index contributed by atoms with van der Waals surface area (Å²) in [6.45, 7) is 0.561. The monoisotopic (exact) mass is 379 g/mol. The van der Waals surface area contributed by atoms with Crippen molar-refractivity contribution >= 4 is 33.2 Å². The van der Waals surface area contributed by atoms with Crippen molar-refractivity contribution in [1.82, 2.24) is 10.9 Å². The molecule has 1 aromatic rings. The van der Waals surface area contributed by atoms with Crippen LogP contribution in [0.1, 0.15) is 36.0 Å². The second-order valence-electron chi connectivity index (χ2n) is 6.64. The predicted octanol–water partition coefficient (Wildman–Crippen LogP) is 0.399. The fourth-order valence-electron chi connectivity index (χ4n) is 3.34. The molecule has 0 bridgehead atoms. The second kappa shape index (κ2) is 7.45. The van der Waals surface area contributed by atoms with E-state index in [1.807, 2.05) is 0 Å². The van der Waals surface area contributed by atoms with Crippen molar-refractivity contribution in [3.05, 3.63) is 29.8 Å². The van der Waals surface area contributed by atoms with Crippen LogP contribution in [0.25, 0.3) is 0 Å². The summed E-state index contributed by atoms with van der Waals surface area (Å²) in [4.78, 5) is 37.9. The highest BCUT2D eigenvalue weighted by Crippen LogP contribution is 2.25. The summed E-state index contributed by atoms with van der Waals surface area (Å²) in [5.41, 5.74) is 5.49. The molecule has 2 saturated heterocycles. The minimum absolute atomic E-state index is 0.00821. The third-order valence-corrected chi connectivity index (χ3v) is 6.47. The molecule has 0 aromatic heterocycles. The van der Waals surface area contributed by atoms with Crippen molar-refractivity contribution in [2.45, 2.75) is 25.7 Å². The van der Waals surface area contributed by atoms with Crippen LogP contribution in [-0.2, 0) is 19.4 Å². The Bertz CT molecular complexity index is 837. The van der Waals surface area contributed by atoms with Crippen LogP contribution in [-0.4, -0.2) is 44.2 Å². The number of carbonyl (C=O) groups is 3. The topological polar surface area (TPSA) is 113 Å². The van der Waals surface area contributed by atoms with Crippen LogP contribution >= 0.6 is 0 Å². The van der Waals surface area contributed by atoms with E-state index >= 15 is 0 Å². The first kappa shape index (κ1) is 18.4. The van der Waals surface area contributed by atoms with Crippen molar-refractivity contribution in [2.75, 3.05) is 23.0 Å². The number of sulfone groups is 1. The molecule has 0 radical (unpaired) electrons. The Labute approximate surface area is 151 Å². The lowest BCUT2D eigenvalue weighted by Crippen LogP contribution is -2.43. The lowest BCUT2D eigenvalue weighted by atomic mass is 10.1. The van der Waals surface area contributed by atoms with Gasteiger partial charge in [-0.25, -0.2) is 8.42 Å². The van der Waals surface area contributed by atoms with E-state index in [0.717, 1.165) is 6.42 Å². The van der Waals surface area contributed by atoms with Crippen molar-refractivity contribution < 1.29 is 22.8 Å². The first-order chi connectivity index (χ1) is 12.4. The van der Waals surface area contributed by atoms with E-state index in [4.69, 9.17) is 0 Å². The summed E-state index contributed by atoms with van der Waals surface area (Å²) >= 11 is 0. The number of hydrogen-bond donors (Lipinski definition) is 2. The van der Waals surface area contributed by atoms with E-state index in [-0.39, 0.29) is 29.8 Å². The Balaban J connectivity index is 1.59. The van der Waals surface area contributed by atoms with Crippen molar-refractivity contribution in [2.24, 2.45) is 5.92 Å². The molecular formula is C17H21N3O5S. The second-order valence-corrected chi connectivity index (χ2v) is 8.87. The van der Waals surface area contributed by atoms with Gasteiger partial charge in [-0.05, 0) is 30.9 Å². The van der Waals surface area contributed by atoms with Gasteiger partial charge in [-0.2, -0.15) is 0 Å². The number of benzene rings is 1. The van der Waals surface area contributed by atoms with Crippen LogP contribution < -0.4 is 15.8 Å². The van der Waals surface area contributed by atoms with Crippen LogP contribution in [0.5, 0.6) is 0 Å². The fourth-order valence-corrected chi connectivity index (χ4v) is 5.21. The van der Waals surface area contributed by atoms with Gasteiger partial charge in [0.2, 0.25) is 11.8 Å². The lowest BCUT2D eigenvalue weighted by Gasteiger charge is -2.19. The Morgan fingerprint density at radius 1 is 1.19 bits per heavy atom. The highest BCUT2D eigenvalue weighted by atomic mass is 32.2. The van der Waals surface area contributed by atoms with Crippen LogP contribution in [0.4, 0.5) is 5.69 Å². The highest BCUT2D eigenvalue weighted by molar-refractivity contribution is 7.91. The predicted molar refractivity (Wildman–Crippen MR) is 95.0 cm³/mol. The highest BCUT2D eigenvalue weighted by Gasteiger charge is 2.30. The number of nitrogens with one attached hydrogen (secondary N) is 2. The quantitative estimate of drug-likeness (QED) is 0.736. The summed E-state index contributed by atoms with van der Waals surface area (Å²) in [6, 6.07) is 6.72. The number of hydrazine groups is 1. The molecule has 2 fully saturated rings. The van der Waals surface area contributed by atoms with Gasteiger partial charge in [0, 0.05) is 19.4 Å². The zero-order chi connectivity index (χ0) is 18.7. The van der Waals surface area contributed by atoms with E-state index in [0.29, 0.717) is 30.6 Å². The number of hydrogen-bond acceptors (Lipinski definition) is 5. The van der Waals surface area contributed by atoms with Gasteiger partial charge >= 0.3 is 0 Å². The van der Waals surface area contributed by atoms with Gasteiger partial charge in [0.15, 0.2) is 9.84 Å². The number of nitrogens with zero attached hydrogens (tertiary/aromatic N) is 1. The van der Waals surface area contributed by atoms with Gasteiger partial charge in [0.05, 0.1) is 22.8 Å². The molecule has 0 spiro atoms. The SMILES string of the molecule is O=C(C[C@H]1CCS(=O)(=O)C1)NNC(=O)c1ccccc1N1CCCC1=O. The van der Waals surface area contributed by atoms with E-state index < -0.39 is 21.7 Å². The largest absolute Gasteiger partial charge is 0.312 e. The van der Waals surface area contributed by atoms with Crippen molar-refractivity contribution in [1.29, 1.82) is 0 Å². The van der Waals surface area contributed by atoms with Crippen molar-refractivity contribution in [3.63, 3.8) is 0 Å². The minimum atomic E-state index is -3.04. The molecule has 0 aliphatic carbocycles. The van der Waals surface area contributed by atoms with E-state index in [9.17, 15) is 22.8 Å². The Morgan fingerprint density at radius 3 is 2.62 bits per heavy atom. The Hall–Kier alpha value is -2.42. The van der Waals surface area contributed by atoms with E-state index in [1.54, 1.807) is 29.2 Å². The molecule has 0 saturated carbocycles. The molecule has 2 heterocycles. The summed E-state index contributed by atoms with van der Waals surface area (Å²) < 4.78 is 22.9. The number of anilines is 1. The fraction of sp³-hybridized carbons (Fsp3) is 0.471. The Kier molecular flexibility index (Phi) is 5.26. The zero-order valence-corrected chi connectivity index (χ0v) is 15.0. The third-order valence-electron chi connectivity index (χ3n) is 4.63. The summed E-state index contributed by atoms with van der Waals surface area (Å²) in [5.74, 6) is -1.09. The maximum absolute atomic E-state index is 12.4. The van der Waals surface area contributed by atoms with Gasteiger partial charge in [-0.1, -0.05) is 12.1 Å². The summed E-state index contributed by atoms with van der Waals surface area (Å²) in [5, 5.41) is 0. The minimum Gasteiger partial charge on any atom is -0.312 e. The smallest absolute Gasteiger partial charge is 0.271 e. The van der Waals surface area contributed by atoms with Crippen molar-refractivity contribution in [3.8, 4) is 0 Å². The number of carbonyl (C=O) groups excluding carboxylic acids is 3. The molecule has 1 atom stereocenters. The molecular weight excluding hydrogens is 358 g/mol. The molecule has 2 N–H and O–H groups in total. The van der Waals surface area contributed by atoms with Gasteiger partial charge < -0.3 is 4.90 Å². The molecule has 26 heavy (non-hydrogen) atoms. The molecule has 2 aliphatic rings. The number of para-hydroxylation sites is 1. The van der Waals surface area contributed by atoms with E-state index in [2.05, 4.69) is 10.9 Å². The maximum Gasteiger partial charge on any atom is 0.271 e. The average Bonchev–Trinajstić information content (AvgIpc) is 3.17. The molecule has 9 heteroatoms. The first-order valence-electron chi connectivity index (χ1n) is 8.55. The first-order valence-corrected chi connectivity index (χ1v) is 10.4. The molecule has 2 aliphatic heterocycles. The normalized spacial score (nSPS) is 21.6. The van der Waals surface area contributed by atoms with Gasteiger partial charge in [-0.15, -0.1) is 0 Å². The zero-order valence-electron chi connectivity index (χ0n) is 14.2. The van der Waals surface area contributed by atoms with Gasteiger partial charge in [-0.3, -0.25) is 25.2 Å². The van der Waals surface area contributed by atoms with Crippen LogP contribution in [0.3, 0.4) is 0 Å². The number of amides is 3. The molecule has 1 aromatic carbocycles. The van der Waals surface area contributed by atoms with Crippen LogP contribution in [0.2, 0.25) is 0 Å². The molecule has 3 rings (SSSR count).